The highest BCUT2D eigenvalue weighted by Crippen LogP contribution is 2.16. The first-order valence-corrected chi connectivity index (χ1v) is 6.84. The average molecular weight is 277 g/mol. The number of piperidine rings is 1. The van der Waals surface area contributed by atoms with Crippen LogP contribution in [0.4, 0.5) is 0 Å². The summed E-state index contributed by atoms with van der Waals surface area (Å²) in [4.78, 5) is 14.1. The van der Waals surface area contributed by atoms with E-state index in [1.165, 1.54) is 12.8 Å². The summed E-state index contributed by atoms with van der Waals surface area (Å²) in [5, 5.41) is 3.30. The number of ether oxygens (including phenoxy) is 1. The van der Waals surface area contributed by atoms with Gasteiger partial charge < -0.3 is 15.0 Å². The molecular weight excluding hydrogens is 252 g/mol. The van der Waals surface area contributed by atoms with Gasteiger partial charge in [0, 0.05) is 26.7 Å². The fourth-order valence-electron chi connectivity index (χ4n) is 2.72. The number of halogens is 1. The topological polar surface area (TPSA) is 41.6 Å². The first-order chi connectivity index (χ1) is 8.27. The maximum atomic E-state index is 12.2. The highest BCUT2D eigenvalue weighted by atomic mass is 35.5. The minimum atomic E-state index is 0. The van der Waals surface area contributed by atoms with Crippen LogP contribution in [0.2, 0.25) is 0 Å². The molecule has 0 aliphatic carbocycles. The van der Waals surface area contributed by atoms with Crippen molar-refractivity contribution in [2.45, 2.75) is 38.2 Å². The molecule has 0 bridgehead atoms. The summed E-state index contributed by atoms with van der Waals surface area (Å²) in [6, 6.07) is 0. The van der Waals surface area contributed by atoms with Gasteiger partial charge in [-0.3, -0.25) is 4.79 Å². The third-order valence-electron chi connectivity index (χ3n) is 3.77. The molecule has 2 heterocycles. The zero-order valence-electron chi connectivity index (χ0n) is 11.2. The predicted molar refractivity (Wildman–Crippen MR) is 74.1 cm³/mol. The third kappa shape index (κ3) is 4.41. The second-order valence-electron chi connectivity index (χ2n) is 5.25. The SMILES string of the molecule is CN(CC1CCCCO1)C(=O)[C@@H]1CCCNC1.Cl. The third-order valence-corrected chi connectivity index (χ3v) is 3.77. The molecule has 5 heteroatoms. The lowest BCUT2D eigenvalue weighted by atomic mass is 9.98. The molecule has 2 saturated heterocycles. The number of nitrogens with one attached hydrogen (secondary N) is 1. The van der Waals surface area contributed by atoms with Crippen molar-refractivity contribution in [2.24, 2.45) is 5.92 Å². The minimum absolute atomic E-state index is 0. The molecule has 2 rings (SSSR count). The Kier molecular flexibility index (Phi) is 6.97. The largest absolute Gasteiger partial charge is 0.376 e. The van der Waals surface area contributed by atoms with Crippen molar-refractivity contribution in [1.82, 2.24) is 10.2 Å². The first-order valence-electron chi connectivity index (χ1n) is 6.84. The van der Waals surface area contributed by atoms with Crippen LogP contribution < -0.4 is 5.32 Å². The smallest absolute Gasteiger partial charge is 0.226 e. The van der Waals surface area contributed by atoms with E-state index in [1.54, 1.807) is 0 Å². The van der Waals surface area contributed by atoms with Crippen LogP contribution in [-0.2, 0) is 9.53 Å². The van der Waals surface area contributed by atoms with Crippen molar-refractivity contribution < 1.29 is 9.53 Å². The summed E-state index contributed by atoms with van der Waals surface area (Å²) in [6.07, 6.45) is 5.90. The molecule has 1 N–H and O–H groups in total. The van der Waals surface area contributed by atoms with E-state index in [1.807, 2.05) is 11.9 Å². The highest BCUT2D eigenvalue weighted by molar-refractivity contribution is 5.85. The molecule has 4 nitrogen and oxygen atoms in total. The monoisotopic (exact) mass is 276 g/mol. The van der Waals surface area contributed by atoms with Gasteiger partial charge in [-0.25, -0.2) is 0 Å². The van der Waals surface area contributed by atoms with Gasteiger partial charge in [0.2, 0.25) is 5.91 Å². The fourth-order valence-corrected chi connectivity index (χ4v) is 2.72. The van der Waals surface area contributed by atoms with Crippen molar-refractivity contribution in [3.8, 4) is 0 Å². The molecule has 0 aromatic rings. The number of likely N-dealkylation sites (N-methyl/N-ethyl adjacent to an activating group) is 1. The average Bonchev–Trinajstić information content (AvgIpc) is 2.40. The van der Waals surface area contributed by atoms with Crippen molar-refractivity contribution in [3.63, 3.8) is 0 Å². The van der Waals surface area contributed by atoms with Gasteiger partial charge in [0.15, 0.2) is 0 Å². The molecule has 2 atom stereocenters. The number of amides is 1. The standard InChI is InChI=1S/C13H24N2O2.ClH/c1-15(10-12-6-2-3-8-17-12)13(16)11-5-4-7-14-9-11;/h11-12,14H,2-10H2,1H3;1H/t11-,12?;/m1./s1. The van der Waals surface area contributed by atoms with Crippen LogP contribution in [0.5, 0.6) is 0 Å². The lowest BCUT2D eigenvalue weighted by Crippen LogP contribution is -2.44. The normalized spacial score (nSPS) is 28.3. The van der Waals surface area contributed by atoms with Crippen LogP contribution in [-0.4, -0.2) is 50.2 Å². The predicted octanol–water partition coefficient (Wildman–Crippen LogP) is 1.44. The van der Waals surface area contributed by atoms with Gasteiger partial charge in [0.1, 0.15) is 0 Å². The van der Waals surface area contributed by atoms with E-state index in [-0.39, 0.29) is 30.3 Å². The van der Waals surface area contributed by atoms with Gasteiger partial charge in [-0.2, -0.15) is 0 Å². The van der Waals surface area contributed by atoms with E-state index < -0.39 is 0 Å². The van der Waals surface area contributed by atoms with Gasteiger partial charge in [0.05, 0.1) is 12.0 Å². The number of rotatable bonds is 3. The van der Waals surface area contributed by atoms with Crippen LogP contribution >= 0.6 is 12.4 Å². The second kappa shape index (κ2) is 7.97. The molecule has 1 unspecified atom stereocenters. The van der Waals surface area contributed by atoms with Crippen LogP contribution in [0.3, 0.4) is 0 Å². The maximum absolute atomic E-state index is 12.2. The molecule has 0 aromatic heterocycles. The molecule has 1 amide bonds. The Morgan fingerprint density at radius 2 is 2.17 bits per heavy atom. The Balaban J connectivity index is 0.00000162. The lowest BCUT2D eigenvalue weighted by molar-refractivity contribution is -0.137. The van der Waals surface area contributed by atoms with E-state index >= 15 is 0 Å². The Bertz CT molecular complexity index is 251. The van der Waals surface area contributed by atoms with Crippen molar-refractivity contribution in [2.75, 3.05) is 33.3 Å². The van der Waals surface area contributed by atoms with E-state index in [9.17, 15) is 4.79 Å². The van der Waals surface area contributed by atoms with Crippen LogP contribution in [0.25, 0.3) is 0 Å². The summed E-state index contributed by atoms with van der Waals surface area (Å²) >= 11 is 0. The summed E-state index contributed by atoms with van der Waals surface area (Å²) in [5.41, 5.74) is 0. The molecular formula is C13H25ClN2O2. The number of carbonyl (C=O) groups is 1. The van der Waals surface area contributed by atoms with Crippen LogP contribution in [0, 0.1) is 5.92 Å². The molecule has 2 aliphatic rings. The van der Waals surface area contributed by atoms with Crippen molar-refractivity contribution in [3.05, 3.63) is 0 Å². The lowest BCUT2D eigenvalue weighted by Gasteiger charge is -2.31. The molecule has 2 fully saturated rings. The summed E-state index contributed by atoms with van der Waals surface area (Å²) in [5.74, 6) is 0.462. The Hall–Kier alpha value is -0.320. The minimum Gasteiger partial charge on any atom is -0.376 e. The van der Waals surface area contributed by atoms with Crippen LogP contribution in [0.15, 0.2) is 0 Å². The highest BCUT2D eigenvalue weighted by Gasteiger charge is 2.26. The van der Waals surface area contributed by atoms with Gasteiger partial charge in [-0.05, 0) is 38.6 Å². The molecule has 0 spiro atoms. The Labute approximate surface area is 116 Å². The van der Waals surface area contributed by atoms with E-state index in [0.29, 0.717) is 0 Å². The first kappa shape index (κ1) is 15.7. The van der Waals surface area contributed by atoms with Crippen LogP contribution in [0.1, 0.15) is 32.1 Å². The fraction of sp³-hybridized carbons (Fsp3) is 0.923. The van der Waals surface area contributed by atoms with E-state index in [0.717, 1.165) is 45.5 Å². The number of hydrogen-bond donors (Lipinski definition) is 1. The summed E-state index contributed by atoms with van der Waals surface area (Å²) < 4.78 is 5.68. The molecule has 0 saturated carbocycles. The summed E-state index contributed by atoms with van der Waals surface area (Å²) in [7, 11) is 1.91. The number of carbonyl (C=O) groups excluding carboxylic acids is 1. The molecule has 2 aliphatic heterocycles. The molecule has 0 aromatic carbocycles. The van der Waals surface area contributed by atoms with Gasteiger partial charge in [-0.15, -0.1) is 12.4 Å². The second-order valence-corrected chi connectivity index (χ2v) is 5.25. The molecule has 0 radical (unpaired) electrons. The van der Waals surface area contributed by atoms with E-state index in [4.69, 9.17) is 4.74 Å². The summed E-state index contributed by atoms with van der Waals surface area (Å²) in [6.45, 7) is 3.51. The Morgan fingerprint density at radius 1 is 1.33 bits per heavy atom. The van der Waals surface area contributed by atoms with Crippen molar-refractivity contribution in [1.29, 1.82) is 0 Å². The Morgan fingerprint density at radius 3 is 2.78 bits per heavy atom. The molecule has 18 heavy (non-hydrogen) atoms. The zero-order valence-corrected chi connectivity index (χ0v) is 12.0. The van der Waals surface area contributed by atoms with Crippen molar-refractivity contribution >= 4 is 18.3 Å². The quantitative estimate of drug-likeness (QED) is 0.848. The molecule has 106 valence electrons. The van der Waals surface area contributed by atoms with E-state index in [2.05, 4.69) is 5.32 Å². The number of hydrogen-bond acceptors (Lipinski definition) is 3. The van der Waals surface area contributed by atoms with Gasteiger partial charge >= 0.3 is 0 Å². The zero-order chi connectivity index (χ0) is 12.1. The number of nitrogens with zero attached hydrogens (tertiary/aromatic N) is 1. The van der Waals surface area contributed by atoms with Gasteiger partial charge in [-0.1, -0.05) is 0 Å². The van der Waals surface area contributed by atoms with Gasteiger partial charge in [0.25, 0.3) is 0 Å². The maximum Gasteiger partial charge on any atom is 0.226 e.